The zero-order valence-corrected chi connectivity index (χ0v) is 12.2. The first kappa shape index (κ1) is 14.2. The molecule has 0 saturated carbocycles. The molecule has 102 valence electrons. The molecule has 2 rings (SSSR count). The lowest BCUT2D eigenvalue weighted by molar-refractivity contribution is 0.0759. The Morgan fingerprint density at radius 2 is 2.32 bits per heavy atom. The molecule has 1 amide bonds. The minimum atomic E-state index is -0.494. The van der Waals surface area contributed by atoms with Gasteiger partial charge in [-0.15, -0.1) is 0 Å². The van der Waals surface area contributed by atoms with E-state index in [0.29, 0.717) is 24.2 Å². The van der Waals surface area contributed by atoms with Crippen LogP contribution in [0.3, 0.4) is 0 Å². The Kier molecular flexibility index (Phi) is 4.71. The normalized spacial score (nSPS) is 15.3. The van der Waals surface area contributed by atoms with E-state index in [-0.39, 0.29) is 11.5 Å². The Balaban J connectivity index is 2.14. The van der Waals surface area contributed by atoms with E-state index in [1.807, 2.05) is 6.08 Å². The summed E-state index contributed by atoms with van der Waals surface area (Å²) in [6, 6.07) is 4.55. The second-order valence-electron chi connectivity index (χ2n) is 4.39. The summed E-state index contributed by atoms with van der Waals surface area (Å²) >= 11 is 3.23. The molecule has 1 heterocycles. The molecule has 19 heavy (non-hydrogen) atoms. The molecule has 0 unspecified atom stereocenters. The van der Waals surface area contributed by atoms with Gasteiger partial charge in [-0.25, -0.2) is 4.39 Å². The van der Waals surface area contributed by atoms with Gasteiger partial charge in [0.15, 0.2) is 0 Å². The van der Waals surface area contributed by atoms with Crippen molar-refractivity contribution in [3.05, 3.63) is 45.7 Å². The molecule has 0 radical (unpaired) electrons. The summed E-state index contributed by atoms with van der Waals surface area (Å²) in [7, 11) is 1.65. The third-order valence-electron chi connectivity index (χ3n) is 3.10. The molecule has 0 bridgehead atoms. The maximum Gasteiger partial charge on any atom is 0.258 e. The number of hydrogen-bond acceptors (Lipinski definition) is 2. The maximum atomic E-state index is 13.7. The van der Waals surface area contributed by atoms with Gasteiger partial charge in [0.05, 0.1) is 12.2 Å². The standard InChI is InChI=1S/C14H15BrFNO2/c1-19-9-10-5-7-17(8-6-10)14(18)13-11(15)3-2-4-12(13)16/h2-5H,6-9H2,1H3. The molecule has 0 spiro atoms. The van der Waals surface area contributed by atoms with Crippen LogP contribution in [0.5, 0.6) is 0 Å². The second-order valence-corrected chi connectivity index (χ2v) is 5.25. The molecule has 0 fully saturated rings. The predicted molar refractivity (Wildman–Crippen MR) is 74.6 cm³/mol. The van der Waals surface area contributed by atoms with Crippen molar-refractivity contribution in [1.82, 2.24) is 4.90 Å². The number of amides is 1. The van der Waals surface area contributed by atoms with Crippen molar-refractivity contribution < 1.29 is 13.9 Å². The van der Waals surface area contributed by atoms with Crippen molar-refractivity contribution in [2.24, 2.45) is 0 Å². The van der Waals surface area contributed by atoms with Crippen LogP contribution in [-0.2, 0) is 4.74 Å². The van der Waals surface area contributed by atoms with Gasteiger partial charge in [0.25, 0.3) is 5.91 Å². The molecular weight excluding hydrogens is 313 g/mol. The molecule has 1 aliphatic heterocycles. The zero-order valence-electron chi connectivity index (χ0n) is 10.7. The summed E-state index contributed by atoms with van der Waals surface area (Å²) in [5, 5.41) is 0. The second kappa shape index (κ2) is 6.30. The first-order valence-corrected chi connectivity index (χ1v) is 6.83. The van der Waals surface area contributed by atoms with E-state index >= 15 is 0 Å². The molecule has 0 saturated heterocycles. The highest BCUT2D eigenvalue weighted by Gasteiger charge is 2.23. The minimum Gasteiger partial charge on any atom is -0.380 e. The van der Waals surface area contributed by atoms with Crippen LogP contribution in [-0.4, -0.2) is 37.6 Å². The minimum absolute atomic E-state index is 0.103. The summed E-state index contributed by atoms with van der Waals surface area (Å²) in [6.07, 6.45) is 2.74. The van der Waals surface area contributed by atoms with Crippen LogP contribution in [0.25, 0.3) is 0 Å². The number of benzene rings is 1. The summed E-state index contributed by atoms with van der Waals surface area (Å²) in [5.74, 6) is -0.774. The van der Waals surface area contributed by atoms with E-state index < -0.39 is 5.82 Å². The van der Waals surface area contributed by atoms with Gasteiger partial charge >= 0.3 is 0 Å². The number of carbonyl (C=O) groups is 1. The van der Waals surface area contributed by atoms with Gasteiger partial charge in [0.1, 0.15) is 5.82 Å². The number of ether oxygens (including phenoxy) is 1. The number of hydrogen-bond donors (Lipinski definition) is 0. The number of methoxy groups -OCH3 is 1. The van der Waals surface area contributed by atoms with E-state index in [1.165, 1.54) is 11.6 Å². The van der Waals surface area contributed by atoms with Crippen molar-refractivity contribution in [3.8, 4) is 0 Å². The molecule has 3 nitrogen and oxygen atoms in total. The molecule has 0 N–H and O–H groups in total. The first-order valence-electron chi connectivity index (χ1n) is 6.03. The smallest absolute Gasteiger partial charge is 0.258 e. The lowest BCUT2D eigenvalue weighted by atomic mass is 10.1. The highest BCUT2D eigenvalue weighted by Crippen LogP contribution is 2.23. The highest BCUT2D eigenvalue weighted by molar-refractivity contribution is 9.10. The highest BCUT2D eigenvalue weighted by atomic mass is 79.9. The Hall–Kier alpha value is -1.20. The van der Waals surface area contributed by atoms with Crippen LogP contribution >= 0.6 is 15.9 Å². The fourth-order valence-electron chi connectivity index (χ4n) is 2.07. The summed E-state index contributed by atoms with van der Waals surface area (Å²) in [4.78, 5) is 13.9. The fourth-order valence-corrected chi connectivity index (χ4v) is 2.58. The Labute approximate surface area is 120 Å². The van der Waals surface area contributed by atoms with E-state index in [4.69, 9.17) is 4.74 Å². The molecule has 1 aromatic rings. The van der Waals surface area contributed by atoms with Crippen molar-refractivity contribution in [1.29, 1.82) is 0 Å². The van der Waals surface area contributed by atoms with Crippen molar-refractivity contribution in [3.63, 3.8) is 0 Å². The van der Waals surface area contributed by atoms with Crippen LogP contribution in [0.1, 0.15) is 16.8 Å². The number of halogens is 2. The molecule has 1 aliphatic rings. The maximum absolute atomic E-state index is 13.7. The van der Waals surface area contributed by atoms with Crippen molar-refractivity contribution in [2.45, 2.75) is 6.42 Å². The number of nitrogens with zero attached hydrogens (tertiary/aromatic N) is 1. The van der Waals surface area contributed by atoms with Crippen LogP contribution in [0.4, 0.5) is 4.39 Å². The van der Waals surface area contributed by atoms with Gasteiger partial charge in [0.2, 0.25) is 0 Å². The van der Waals surface area contributed by atoms with Crippen LogP contribution in [0.2, 0.25) is 0 Å². The molecule has 0 aliphatic carbocycles. The molecule has 1 aromatic carbocycles. The molecule has 0 aromatic heterocycles. The Morgan fingerprint density at radius 3 is 2.89 bits per heavy atom. The van der Waals surface area contributed by atoms with Crippen molar-refractivity contribution in [2.75, 3.05) is 26.8 Å². The van der Waals surface area contributed by atoms with E-state index in [9.17, 15) is 9.18 Å². The first-order chi connectivity index (χ1) is 9.13. The number of carbonyl (C=O) groups excluding carboxylic acids is 1. The fraction of sp³-hybridized carbons (Fsp3) is 0.357. The van der Waals surface area contributed by atoms with Gasteiger partial charge in [-0.05, 0) is 40.1 Å². The lowest BCUT2D eigenvalue weighted by Gasteiger charge is -2.26. The molecular formula is C14H15BrFNO2. The summed E-state index contributed by atoms with van der Waals surface area (Å²) < 4.78 is 19.3. The van der Waals surface area contributed by atoms with Crippen LogP contribution in [0.15, 0.2) is 34.3 Å². The third-order valence-corrected chi connectivity index (χ3v) is 3.76. The largest absolute Gasteiger partial charge is 0.380 e. The average Bonchev–Trinajstić information content (AvgIpc) is 2.39. The van der Waals surface area contributed by atoms with E-state index in [1.54, 1.807) is 24.1 Å². The molecule has 0 atom stereocenters. The quantitative estimate of drug-likeness (QED) is 0.799. The van der Waals surface area contributed by atoms with E-state index in [0.717, 1.165) is 6.42 Å². The van der Waals surface area contributed by atoms with Gasteiger partial charge < -0.3 is 9.64 Å². The molecule has 5 heteroatoms. The predicted octanol–water partition coefficient (Wildman–Crippen LogP) is 3.01. The summed E-state index contributed by atoms with van der Waals surface area (Å²) in [5.41, 5.74) is 1.28. The van der Waals surface area contributed by atoms with Gasteiger partial charge in [-0.1, -0.05) is 12.1 Å². The Bertz CT molecular complexity index is 496. The monoisotopic (exact) mass is 327 g/mol. The van der Waals surface area contributed by atoms with Crippen LogP contribution in [0, 0.1) is 5.82 Å². The van der Waals surface area contributed by atoms with Crippen molar-refractivity contribution >= 4 is 21.8 Å². The third kappa shape index (κ3) is 3.22. The van der Waals surface area contributed by atoms with Gasteiger partial charge in [-0.3, -0.25) is 4.79 Å². The van der Waals surface area contributed by atoms with Crippen LogP contribution < -0.4 is 0 Å². The van der Waals surface area contributed by atoms with E-state index in [2.05, 4.69) is 15.9 Å². The SMILES string of the molecule is COCC1=CCN(C(=O)c2c(F)cccc2Br)CC1. The average molecular weight is 328 g/mol. The number of rotatable bonds is 3. The summed E-state index contributed by atoms with van der Waals surface area (Å²) in [6.45, 7) is 1.68. The van der Waals surface area contributed by atoms with Gasteiger partial charge in [-0.2, -0.15) is 0 Å². The zero-order chi connectivity index (χ0) is 13.8. The lowest BCUT2D eigenvalue weighted by Crippen LogP contribution is -2.36. The van der Waals surface area contributed by atoms with Gasteiger partial charge in [0, 0.05) is 24.7 Å². The Morgan fingerprint density at radius 1 is 1.53 bits per heavy atom. The topological polar surface area (TPSA) is 29.5 Å².